The van der Waals surface area contributed by atoms with Gasteiger partial charge < -0.3 is 24.8 Å². The van der Waals surface area contributed by atoms with Crippen LogP contribution in [-0.4, -0.2) is 72.4 Å². The number of carbonyl (C=O) groups is 2. The van der Waals surface area contributed by atoms with E-state index >= 15 is 0 Å². The average Bonchev–Trinajstić information content (AvgIpc) is 3.12. The molecule has 4 aromatic rings. The molecule has 2 atom stereocenters. The predicted molar refractivity (Wildman–Crippen MR) is 192 cm³/mol. The van der Waals surface area contributed by atoms with E-state index in [4.69, 9.17) is 4.74 Å². The molecule has 7 heteroatoms. The molecule has 1 N–H and O–H groups in total. The van der Waals surface area contributed by atoms with Gasteiger partial charge in [0.2, 0.25) is 0 Å². The highest BCUT2D eigenvalue weighted by atomic mass is 16.5. The Morgan fingerprint density at radius 1 is 0.792 bits per heavy atom. The molecule has 1 aliphatic heterocycles. The number of ether oxygens (including phenoxy) is 1. The van der Waals surface area contributed by atoms with Gasteiger partial charge in [-0.3, -0.25) is 9.59 Å². The van der Waals surface area contributed by atoms with E-state index in [1.54, 1.807) is 4.90 Å². The highest BCUT2D eigenvalue weighted by Gasteiger charge is 2.42. The first-order valence-electron chi connectivity index (χ1n) is 17.4. The molecular weight excluding hydrogens is 596 g/mol. The van der Waals surface area contributed by atoms with Crippen LogP contribution < -0.4 is 10.1 Å². The number of piperazine rings is 1. The number of unbranched alkanes of at least 4 members (excludes halogenated alkanes) is 1. The number of carbonyl (C=O) groups excluding carboxylic acids is 2. The highest BCUT2D eigenvalue weighted by molar-refractivity contribution is 6.35. The quantitative estimate of drug-likeness (QED) is 0.0988. The molecule has 0 aliphatic carbocycles. The maximum absolute atomic E-state index is 14.0. The van der Waals surface area contributed by atoms with Crippen LogP contribution in [0.3, 0.4) is 0 Å². The molecule has 2 amide bonds. The van der Waals surface area contributed by atoms with E-state index in [-0.39, 0.29) is 12.1 Å². The zero-order chi connectivity index (χ0) is 33.6. The van der Waals surface area contributed by atoms with Crippen molar-refractivity contribution < 1.29 is 14.3 Å². The van der Waals surface area contributed by atoms with Gasteiger partial charge in [-0.1, -0.05) is 110 Å². The fraction of sp³-hybridized carbons (Fsp3) is 0.366. The smallest absolute Gasteiger partial charge is 0.312 e. The third-order valence-corrected chi connectivity index (χ3v) is 9.13. The summed E-state index contributed by atoms with van der Waals surface area (Å²) >= 11 is 0. The SMILES string of the molecule is CCOc1ccc(CCN2C(=O)C(=O)N([C@@H](CCCCN(C)Cc3ccccc3)CNCc3ccccc3)C[C@@H]2c2ccccc2)cc1. The van der Waals surface area contributed by atoms with Gasteiger partial charge in [0.15, 0.2) is 0 Å². The predicted octanol–water partition coefficient (Wildman–Crippen LogP) is 6.50. The van der Waals surface area contributed by atoms with Gasteiger partial charge in [0.25, 0.3) is 0 Å². The number of hydrogen-bond donors (Lipinski definition) is 1. The number of amides is 2. The van der Waals surface area contributed by atoms with Crippen LogP contribution >= 0.6 is 0 Å². The van der Waals surface area contributed by atoms with Crippen LogP contribution in [0.1, 0.15) is 54.5 Å². The van der Waals surface area contributed by atoms with Gasteiger partial charge in [0.1, 0.15) is 5.75 Å². The Morgan fingerprint density at radius 2 is 1.44 bits per heavy atom. The second-order valence-electron chi connectivity index (χ2n) is 12.7. The van der Waals surface area contributed by atoms with Crippen molar-refractivity contribution in [3.63, 3.8) is 0 Å². The second kappa shape index (κ2) is 18.2. The van der Waals surface area contributed by atoms with Gasteiger partial charge in [-0.05, 0) is 74.2 Å². The van der Waals surface area contributed by atoms with Crippen molar-refractivity contribution in [2.24, 2.45) is 0 Å². The molecule has 0 bridgehead atoms. The summed E-state index contributed by atoms with van der Waals surface area (Å²) in [6.45, 7) is 6.75. The Balaban J connectivity index is 1.28. The molecule has 1 saturated heterocycles. The molecule has 48 heavy (non-hydrogen) atoms. The van der Waals surface area contributed by atoms with E-state index in [2.05, 4.69) is 65.8 Å². The topological polar surface area (TPSA) is 65.1 Å². The molecule has 4 aromatic carbocycles. The third kappa shape index (κ3) is 10.0. The minimum atomic E-state index is -0.420. The van der Waals surface area contributed by atoms with E-state index in [0.29, 0.717) is 39.2 Å². The average molecular weight is 647 g/mol. The number of rotatable bonds is 18. The Labute approximate surface area is 286 Å². The first kappa shape index (κ1) is 34.9. The van der Waals surface area contributed by atoms with Crippen molar-refractivity contribution in [1.82, 2.24) is 20.0 Å². The van der Waals surface area contributed by atoms with Gasteiger partial charge in [0.05, 0.1) is 12.6 Å². The summed E-state index contributed by atoms with van der Waals surface area (Å²) in [6, 6.07) is 38.7. The summed E-state index contributed by atoms with van der Waals surface area (Å²) in [7, 11) is 2.16. The Hall–Kier alpha value is -4.46. The van der Waals surface area contributed by atoms with Crippen LogP contribution in [-0.2, 0) is 29.1 Å². The van der Waals surface area contributed by atoms with E-state index in [0.717, 1.165) is 49.2 Å². The van der Waals surface area contributed by atoms with Crippen molar-refractivity contribution in [1.29, 1.82) is 0 Å². The fourth-order valence-corrected chi connectivity index (χ4v) is 6.54. The molecule has 0 saturated carbocycles. The summed E-state index contributed by atoms with van der Waals surface area (Å²) in [5.41, 5.74) is 4.66. The van der Waals surface area contributed by atoms with Gasteiger partial charge >= 0.3 is 11.8 Å². The largest absolute Gasteiger partial charge is 0.494 e. The molecule has 0 spiro atoms. The monoisotopic (exact) mass is 646 g/mol. The van der Waals surface area contributed by atoms with Crippen molar-refractivity contribution in [2.75, 3.05) is 39.8 Å². The van der Waals surface area contributed by atoms with Crippen LogP contribution in [0.5, 0.6) is 5.75 Å². The maximum Gasteiger partial charge on any atom is 0.312 e. The lowest BCUT2D eigenvalue weighted by Crippen LogP contribution is -2.60. The van der Waals surface area contributed by atoms with Gasteiger partial charge in [-0.15, -0.1) is 0 Å². The minimum absolute atomic E-state index is 0.0935. The van der Waals surface area contributed by atoms with Crippen LogP contribution in [0, 0.1) is 0 Å². The lowest BCUT2D eigenvalue weighted by molar-refractivity contribution is -0.161. The van der Waals surface area contributed by atoms with Crippen LogP contribution in [0.4, 0.5) is 0 Å². The number of hydrogen-bond acceptors (Lipinski definition) is 5. The second-order valence-corrected chi connectivity index (χ2v) is 12.7. The zero-order valence-electron chi connectivity index (χ0n) is 28.5. The fourth-order valence-electron chi connectivity index (χ4n) is 6.54. The molecule has 1 aliphatic rings. The Kier molecular flexibility index (Phi) is 13.2. The summed E-state index contributed by atoms with van der Waals surface area (Å²) in [4.78, 5) is 33.9. The molecule has 7 nitrogen and oxygen atoms in total. The van der Waals surface area contributed by atoms with Crippen molar-refractivity contribution in [2.45, 2.75) is 57.8 Å². The van der Waals surface area contributed by atoms with E-state index in [1.807, 2.05) is 78.6 Å². The Morgan fingerprint density at radius 3 is 2.10 bits per heavy atom. The zero-order valence-corrected chi connectivity index (χ0v) is 28.5. The van der Waals surface area contributed by atoms with E-state index in [9.17, 15) is 9.59 Å². The molecule has 1 fully saturated rings. The lowest BCUT2D eigenvalue weighted by Gasteiger charge is -2.44. The molecule has 252 valence electrons. The number of nitrogens with zero attached hydrogens (tertiary/aromatic N) is 3. The van der Waals surface area contributed by atoms with Crippen molar-refractivity contribution >= 4 is 11.8 Å². The lowest BCUT2D eigenvalue weighted by atomic mass is 9.97. The normalized spacial score (nSPS) is 15.6. The van der Waals surface area contributed by atoms with E-state index in [1.165, 1.54) is 11.1 Å². The van der Waals surface area contributed by atoms with Gasteiger partial charge in [-0.25, -0.2) is 0 Å². The maximum atomic E-state index is 14.0. The molecular formula is C41H50N4O3. The summed E-state index contributed by atoms with van der Waals surface area (Å²) < 4.78 is 5.60. The summed E-state index contributed by atoms with van der Waals surface area (Å²) in [6.07, 6.45) is 3.47. The minimum Gasteiger partial charge on any atom is -0.494 e. The van der Waals surface area contributed by atoms with E-state index < -0.39 is 11.8 Å². The Bertz CT molecular complexity index is 1530. The third-order valence-electron chi connectivity index (χ3n) is 9.13. The van der Waals surface area contributed by atoms with Crippen LogP contribution in [0.15, 0.2) is 115 Å². The van der Waals surface area contributed by atoms with Crippen LogP contribution in [0.25, 0.3) is 0 Å². The first-order valence-corrected chi connectivity index (χ1v) is 17.4. The number of benzene rings is 4. The van der Waals surface area contributed by atoms with Crippen LogP contribution in [0.2, 0.25) is 0 Å². The van der Waals surface area contributed by atoms with Gasteiger partial charge in [0, 0.05) is 38.8 Å². The summed E-state index contributed by atoms with van der Waals surface area (Å²) in [5.74, 6) is 0.0105. The first-order chi connectivity index (χ1) is 23.5. The molecule has 0 unspecified atom stereocenters. The van der Waals surface area contributed by atoms with Crippen molar-refractivity contribution in [3.8, 4) is 5.75 Å². The van der Waals surface area contributed by atoms with Gasteiger partial charge in [-0.2, -0.15) is 0 Å². The molecule has 0 radical (unpaired) electrons. The molecule has 0 aromatic heterocycles. The highest BCUT2D eigenvalue weighted by Crippen LogP contribution is 2.29. The summed E-state index contributed by atoms with van der Waals surface area (Å²) in [5, 5.41) is 3.60. The standard InChI is InChI=1S/C41H50N4O3/c1-3-48-38-24-22-33(23-25-38)26-28-44-39(36-19-11-6-12-20-36)32-45(41(47)40(44)46)37(30-42-29-34-15-7-4-8-16-34)21-13-14-27-43(2)31-35-17-9-5-10-18-35/h4-12,15-20,22-25,37,39,42H,3,13-14,21,26-32H2,1-2H3/t37-,39+/m0/s1. The molecule has 1 heterocycles. The van der Waals surface area contributed by atoms with Crippen molar-refractivity contribution in [3.05, 3.63) is 138 Å². The number of nitrogens with one attached hydrogen (secondary N) is 1. The molecule has 5 rings (SSSR count).